The van der Waals surface area contributed by atoms with Crippen LogP contribution in [0.3, 0.4) is 0 Å². The minimum absolute atomic E-state index is 0.0185. The molecule has 4 nitrogen and oxygen atoms in total. The maximum atomic E-state index is 10.2. The summed E-state index contributed by atoms with van der Waals surface area (Å²) in [5, 5.41) is 10.7. The largest absolute Gasteiger partial charge is 0.358 e. The first-order valence-electron chi connectivity index (χ1n) is 2.64. The fourth-order valence-corrected chi connectivity index (χ4v) is 1.02. The van der Waals surface area contributed by atoms with Gasteiger partial charge in [-0.05, 0) is 11.8 Å². The lowest BCUT2D eigenvalue weighted by Gasteiger charge is -1.88. The lowest BCUT2D eigenvalue weighted by atomic mass is 10.4. The average molecular weight is 158 g/mol. The highest BCUT2D eigenvalue weighted by Gasteiger charge is 2.10. The van der Waals surface area contributed by atoms with Crippen molar-refractivity contribution >= 4 is 18.4 Å². The molecule has 1 aromatic heterocycles. The van der Waals surface area contributed by atoms with Crippen LogP contribution in [0.15, 0.2) is 11.1 Å². The molecule has 54 valence electrons. The Kier molecular flexibility index (Phi) is 1.67. The number of aryl methyl sites for hydroxylation is 1. The second-order valence-electron chi connectivity index (χ2n) is 1.94. The smallest absolute Gasteiger partial charge is 0.324 e. The standard InChI is InChI=1S/C5H6N2O2S/c1-3-2-4(10)6-5(3)7(8)9/h2,6,10H,1H3. The summed E-state index contributed by atoms with van der Waals surface area (Å²) in [7, 11) is 0. The van der Waals surface area contributed by atoms with Crippen molar-refractivity contribution in [3.05, 3.63) is 21.7 Å². The molecule has 0 atom stereocenters. The van der Waals surface area contributed by atoms with Crippen molar-refractivity contribution in [2.75, 3.05) is 0 Å². The Morgan fingerprint density at radius 2 is 2.40 bits per heavy atom. The summed E-state index contributed by atoms with van der Waals surface area (Å²) in [6.45, 7) is 1.66. The quantitative estimate of drug-likeness (QED) is 0.370. The molecular weight excluding hydrogens is 152 g/mol. The van der Waals surface area contributed by atoms with Gasteiger partial charge in [-0.2, -0.15) is 0 Å². The highest BCUT2D eigenvalue weighted by atomic mass is 32.1. The Labute approximate surface area is 62.8 Å². The molecule has 0 aliphatic rings. The zero-order chi connectivity index (χ0) is 7.72. The maximum absolute atomic E-state index is 10.2. The third-order valence-electron chi connectivity index (χ3n) is 1.16. The number of hydrogen-bond acceptors (Lipinski definition) is 3. The second-order valence-corrected chi connectivity index (χ2v) is 2.43. The molecule has 0 aliphatic carbocycles. The predicted molar refractivity (Wildman–Crippen MR) is 39.4 cm³/mol. The number of aromatic nitrogens is 1. The van der Waals surface area contributed by atoms with Crippen molar-refractivity contribution in [2.24, 2.45) is 0 Å². The zero-order valence-corrected chi connectivity index (χ0v) is 6.18. The Hall–Kier alpha value is -0.970. The van der Waals surface area contributed by atoms with Crippen LogP contribution in [0.4, 0.5) is 5.82 Å². The molecule has 1 N–H and O–H groups in total. The molecule has 1 aromatic rings. The van der Waals surface area contributed by atoms with Crippen LogP contribution < -0.4 is 0 Å². The lowest BCUT2D eigenvalue weighted by Crippen LogP contribution is -1.88. The highest BCUT2D eigenvalue weighted by Crippen LogP contribution is 2.18. The topological polar surface area (TPSA) is 58.9 Å². The molecule has 0 amide bonds. The average Bonchev–Trinajstić information content (AvgIpc) is 2.10. The molecule has 0 aromatic carbocycles. The van der Waals surface area contributed by atoms with Gasteiger partial charge in [-0.1, -0.05) is 0 Å². The van der Waals surface area contributed by atoms with Gasteiger partial charge in [0, 0.05) is 11.6 Å². The first kappa shape index (κ1) is 7.14. The molecule has 0 saturated heterocycles. The number of hydrogen-bond donors (Lipinski definition) is 2. The van der Waals surface area contributed by atoms with E-state index >= 15 is 0 Å². The maximum Gasteiger partial charge on any atom is 0.324 e. The van der Waals surface area contributed by atoms with Gasteiger partial charge in [0.05, 0.1) is 0 Å². The molecule has 0 fully saturated rings. The predicted octanol–water partition coefficient (Wildman–Crippen LogP) is 1.52. The molecule has 0 aliphatic heterocycles. The monoisotopic (exact) mass is 158 g/mol. The van der Waals surface area contributed by atoms with E-state index in [-0.39, 0.29) is 5.82 Å². The summed E-state index contributed by atoms with van der Waals surface area (Å²) in [6.07, 6.45) is 0. The van der Waals surface area contributed by atoms with E-state index in [1.54, 1.807) is 13.0 Å². The summed E-state index contributed by atoms with van der Waals surface area (Å²) in [5.41, 5.74) is 0.606. The van der Waals surface area contributed by atoms with Crippen molar-refractivity contribution in [3.8, 4) is 0 Å². The van der Waals surface area contributed by atoms with Gasteiger partial charge in [-0.25, -0.2) is 4.98 Å². The van der Waals surface area contributed by atoms with E-state index in [0.717, 1.165) is 0 Å². The molecule has 5 heteroatoms. The Morgan fingerprint density at radius 1 is 1.80 bits per heavy atom. The number of H-pyrrole nitrogens is 1. The Morgan fingerprint density at radius 3 is 2.60 bits per heavy atom. The van der Waals surface area contributed by atoms with E-state index in [1.807, 2.05) is 0 Å². The summed E-state index contributed by atoms with van der Waals surface area (Å²) in [6, 6.07) is 1.61. The van der Waals surface area contributed by atoms with Gasteiger partial charge in [0.2, 0.25) is 0 Å². The van der Waals surface area contributed by atoms with Crippen molar-refractivity contribution in [1.29, 1.82) is 0 Å². The van der Waals surface area contributed by atoms with Gasteiger partial charge in [-0.3, -0.25) is 0 Å². The first-order valence-corrected chi connectivity index (χ1v) is 3.09. The molecule has 0 radical (unpaired) electrons. The minimum atomic E-state index is -0.463. The summed E-state index contributed by atoms with van der Waals surface area (Å²) < 4.78 is 0. The van der Waals surface area contributed by atoms with E-state index in [2.05, 4.69) is 17.6 Å². The lowest BCUT2D eigenvalue weighted by molar-refractivity contribution is -0.390. The van der Waals surface area contributed by atoms with Gasteiger partial charge in [-0.15, -0.1) is 12.6 Å². The third-order valence-corrected chi connectivity index (χ3v) is 1.40. The van der Waals surface area contributed by atoms with Crippen molar-refractivity contribution in [3.63, 3.8) is 0 Å². The van der Waals surface area contributed by atoms with Crippen molar-refractivity contribution in [1.82, 2.24) is 4.98 Å². The zero-order valence-electron chi connectivity index (χ0n) is 5.29. The summed E-state index contributed by atoms with van der Waals surface area (Å²) in [4.78, 5) is 12.2. The van der Waals surface area contributed by atoms with Crippen LogP contribution >= 0.6 is 12.6 Å². The van der Waals surface area contributed by atoms with Crippen molar-refractivity contribution in [2.45, 2.75) is 11.9 Å². The molecule has 1 rings (SSSR count). The van der Waals surface area contributed by atoms with Crippen LogP contribution in [0.25, 0.3) is 0 Å². The Bertz CT molecular complexity index is 269. The molecule has 0 unspecified atom stereocenters. The van der Waals surface area contributed by atoms with Gasteiger partial charge in [0.25, 0.3) is 0 Å². The van der Waals surface area contributed by atoms with Crippen LogP contribution in [-0.2, 0) is 0 Å². The van der Waals surface area contributed by atoms with Gasteiger partial charge >= 0.3 is 5.82 Å². The van der Waals surface area contributed by atoms with Crippen LogP contribution in [-0.4, -0.2) is 9.91 Å². The molecule has 10 heavy (non-hydrogen) atoms. The van der Waals surface area contributed by atoms with E-state index in [4.69, 9.17) is 0 Å². The summed E-state index contributed by atoms with van der Waals surface area (Å²) in [5.74, 6) is 0.0185. The summed E-state index contributed by atoms with van der Waals surface area (Å²) >= 11 is 3.91. The van der Waals surface area contributed by atoms with Crippen LogP contribution in [0.2, 0.25) is 0 Å². The normalized spacial score (nSPS) is 9.80. The molecular formula is C5H6N2O2S. The van der Waals surface area contributed by atoms with Crippen LogP contribution in [0.1, 0.15) is 5.56 Å². The second kappa shape index (κ2) is 2.34. The van der Waals surface area contributed by atoms with Crippen molar-refractivity contribution < 1.29 is 4.92 Å². The molecule has 1 heterocycles. The fraction of sp³-hybridized carbons (Fsp3) is 0.200. The van der Waals surface area contributed by atoms with E-state index in [1.165, 1.54) is 0 Å². The number of nitrogens with one attached hydrogen (secondary N) is 1. The number of rotatable bonds is 1. The number of thiol groups is 1. The molecule has 0 bridgehead atoms. The molecule has 0 spiro atoms. The van der Waals surface area contributed by atoms with Gasteiger partial charge in [0.15, 0.2) is 5.03 Å². The third kappa shape index (κ3) is 1.13. The SMILES string of the molecule is Cc1cc(S)[nH]c1[N+](=O)[O-]. The van der Waals surface area contributed by atoms with Gasteiger partial charge < -0.3 is 10.1 Å². The van der Waals surface area contributed by atoms with Crippen LogP contribution in [0, 0.1) is 17.0 Å². The van der Waals surface area contributed by atoms with E-state index in [9.17, 15) is 10.1 Å². The van der Waals surface area contributed by atoms with E-state index in [0.29, 0.717) is 10.6 Å². The number of aromatic amines is 1. The number of nitro groups is 1. The first-order chi connectivity index (χ1) is 4.61. The van der Waals surface area contributed by atoms with E-state index < -0.39 is 4.92 Å². The fourth-order valence-electron chi connectivity index (χ4n) is 0.719. The number of nitrogens with zero attached hydrogens (tertiary/aromatic N) is 1. The minimum Gasteiger partial charge on any atom is -0.358 e. The van der Waals surface area contributed by atoms with Crippen LogP contribution in [0.5, 0.6) is 0 Å². The highest BCUT2D eigenvalue weighted by molar-refractivity contribution is 7.80. The molecule has 0 saturated carbocycles. The Balaban J connectivity index is 3.15. The van der Waals surface area contributed by atoms with Gasteiger partial charge in [0.1, 0.15) is 0 Å².